The maximum absolute atomic E-state index is 9.45. The predicted octanol–water partition coefficient (Wildman–Crippen LogP) is 1.50. The number of hydrogen-bond donors (Lipinski definition) is 1. The molecule has 1 aliphatic heterocycles. The molecule has 0 spiro atoms. The SMILES string of the molecule is CC(O)c1ncc(B2OC(C)(C)C(C)(C)O2)s1. The van der Waals surface area contributed by atoms with Gasteiger partial charge in [-0.2, -0.15) is 0 Å². The molecule has 1 atom stereocenters. The lowest BCUT2D eigenvalue weighted by Gasteiger charge is -2.32. The lowest BCUT2D eigenvalue weighted by molar-refractivity contribution is 0.00578. The highest BCUT2D eigenvalue weighted by Gasteiger charge is 2.52. The van der Waals surface area contributed by atoms with E-state index < -0.39 is 6.10 Å². The monoisotopic (exact) mass is 255 g/mol. The van der Waals surface area contributed by atoms with Gasteiger partial charge in [-0.3, -0.25) is 0 Å². The van der Waals surface area contributed by atoms with Crippen molar-refractivity contribution in [3.63, 3.8) is 0 Å². The molecule has 6 heteroatoms. The molecule has 1 N–H and O–H groups in total. The van der Waals surface area contributed by atoms with Crippen molar-refractivity contribution >= 4 is 23.2 Å². The van der Waals surface area contributed by atoms with Crippen LogP contribution in [0.25, 0.3) is 0 Å². The van der Waals surface area contributed by atoms with Crippen molar-refractivity contribution in [3.05, 3.63) is 11.2 Å². The van der Waals surface area contributed by atoms with Crippen LogP contribution < -0.4 is 4.78 Å². The Morgan fingerprint density at radius 1 is 1.29 bits per heavy atom. The van der Waals surface area contributed by atoms with Crippen molar-refractivity contribution in [2.45, 2.75) is 51.9 Å². The van der Waals surface area contributed by atoms with Gasteiger partial charge in [0, 0.05) is 6.20 Å². The van der Waals surface area contributed by atoms with Gasteiger partial charge in [-0.1, -0.05) is 0 Å². The minimum atomic E-state index is -0.545. The first-order chi connectivity index (χ1) is 7.73. The van der Waals surface area contributed by atoms with Crippen molar-refractivity contribution in [1.29, 1.82) is 0 Å². The number of hydrogen-bond acceptors (Lipinski definition) is 5. The highest BCUT2D eigenvalue weighted by molar-refractivity contribution is 7.22. The summed E-state index contributed by atoms with van der Waals surface area (Å²) in [6.07, 6.45) is 1.17. The van der Waals surface area contributed by atoms with E-state index in [0.717, 1.165) is 4.78 Å². The standard InChI is InChI=1S/C11H18BNO3S/c1-7(14)9-13-6-8(17-9)12-15-10(2,3)11(4,5)16-12/h6-7,14H,1-5H3. The van der Waals surface area contributed by atoms with E-state index in [2.05, 4.69) is 4.98 Å². The summed E-state index contributed by atoms with van der Waals surface area (Å²) in [7, 11) is -0.384. The molecule has 1 aromatic heterocycles. The lowest BCUT2D eigenvalue weighted by atomic mass is 9.89. The second kappa shape index (κ2) is 4.05. The maximum Gasteiger partial charge on any atom is 0.507 e. The molecule has 17 heavy (non-hydrogen) atoms. The third kappa shape index (κ3) is 2.27. The number of thiazole rings is 1. The Morgan fingerprint density at radius 3 is 2.24 bits per heavy atom. The van der Waals surface area contributed by atoms with Gasteiger partial charge in [-0.15, -0.1) is 11.3 Å². The zero-order valence-electron chi connectivity index (χ0n) is 10.9. The smallest absolute Gasteiger partial charge is 0.399 e. The van der Waals surface area contributed by atoms with Crippen LogP contribution >= 0.6 is 11.3 Å². The van der Waals surface area contributed by atoms with Crippen LogP contribution in [0.3, 0.4) is 0 Å². The number of rotatable bonds is 2. The molecule has 2 rings (SSSR count). The van der Waals surface area contributed by atoms with E-state index in [4.69, 9.17) is 9.31 Å². The molecule has 0 aromatic carbocycles. The molecular weight excluding hydrogens is 237 g/mol. The Bertz CT molecular complexity index is 401. The Kier molecular flexibility index (Phi) is 3.10. The van der Waals surface area contributed by atoms with Crippen LogP contribution in [0.4, 0.5) is 0 Å². The van der Waals surface area contributed by atoms with Crippen LogP contribution in [-0.2, 0) is 9.31 Å². The second-order valence-electron chi connectivity index (χ2n) is 5.37. The molecule has 0 amide bonds. The minimum absolute atomic E-state index is 0.341. The van der Waals surface area contributed by atoms with Gasteiger partial charge in [-0.05, 0) is 34.6 Å². The largest absolute Gasteiger partial charge is 0.507 e. The van der Waals surface area contributed by atoms with E-state index in [1.165, 1.54) is 11.3 Å². The number of aliphatic hydroxyl groups is 1. The van der Waals surface area contributed by atoms with Gasteiger partial charge < -0.3 is 14.4 Å². The van der Waals surface area contributed by atoms with Crippen LogP contribution in [0.1, 0.15) is 45.7 Å². The zero-order valence-corrected chi connectivity index (χ0v) is 11.7. The van der Waals surface area contributed by atoms with Gasteiger partial charge in [0.1, 0.15) is 11.1 Å². The topological polar surface area (TPSA) is 51.6 Å². The van der Waals surface area contributed by atoms with Crippen LogP contribution in [0.5, 0.6) is 0 Å². The molecule has 4 nitrogen and oxygen atoms in total. The molecule has 0 saturated carbocycles. The average molecular weight is 255 g/mol. The van der Waals surface area contributed by atoms with Crippen molar-refractivity contribution in [1.82, 2.24) is 4.98 Å². The van der Waals surface area contributed by atoms with Crippen LogP contribution in [0.2, 0.25) is 0 Å². The zero-order chi connectivity index (χ0) is 12.8. The molecule has 1 saturated heterocycles. The molecule has 1 unspecified atom stereocenters. The highest BCUT2D eigenvalue weighted by atomic mass is 32.1. The molecule has 0 aliphatic carbocycles. The Labute approximate surface area is 106 Å². The van der Waals surface area contributed by atoms with E-state index in [1.807, 2.05) is 27.7 Å². The van der Waals surface area contributed by atoms with Crippen molar-refractivity contribution in [2.75, 3.05) is 0 Å². The summed E-state index contributed by atoms with van der Waals surface area (Å²) in [4.78, 5) is 4.16. The van der Waals surface area contributed by atoms with E-state index in [0.29, 0.717) is 5.01 Å². The number of aromatic nitrogens is 1. The summed E-state index contributed by atoms with van der Waals surface area (Å²) in [5, 5.41) is 10.1. The second-order valence-corrected chi connectivity index (χ2v) is 6.46. The van der Waals surface area contributed by atoms with Crippen molar-refractivity contribution < 1.29 is 14.4 Å². The molecule has 1 aromatic rings. The summed E-state index contributed by atoms with van der Waals surface area (Å²) in [6.45, 7) is 9.77. The van der Waals surface area contributed by atoms with Crippen molar-refractivity contribution in [2.24, 2.45) is 0 Å². The Balaban J connectivity index is 2.20. The van der Waals surface area contributed by atoms with E-state index in [1.54, 1.807) is 13.1 Å². The summed E-state index contributed by atoms with van der Waals surface area (Å²) in [6, 6.07) is 0. The lowest BCUT2D eigenvalue weighted by Crippen LogP contribution is -2.41. The van der Waals surface area contributed by atoms with Crippen LogP contribution in [0, 0.1) is 0 Å². The van der Waals surface area contributed by atoms with Gasteiger partial charge in [0.05, 0.1) is 16.0 Å². The van der Waals surface area contributed by atoms with E-state index in [-0.39, 0.29) is 18.3 Å². The Hall–Kier alpha value is -0.425. The third-order valence-electron chi connectivity index (χ3n) is 3.38. The summed E-state index contributed by atoms with van der Waals surface area (Å²) in [5.74, 6) is 0. The fourth-order valence-corrected chi connectivity index (χ4v) is 2.38. The fourth-order valence-electron chi connectivity index (χ4n) is 1.56. The Morgan fingerprint density at radius 2 is 1.82 bits per heavy atom. The molecule has 0 radical (unpaired) electrons. The predicted molar refractivity (Wildman–Crippen MR) is 68.5 cm³/mol. The molecule has 0 bridgehead atoms. The quantitative estimate of drug-likeness (QED) is 0.813. The molecule has 1 aliphatic rings. The van der Waals surface area contributed by atoms with Crippen LogP contribution in [0.15, 0.2) is 6.20 Å². The molecule has 94 valence electrons. The molecule has 2 heterocycles. The maximum atomic E-state index is 9.45. The molecule has 1 fully saturated rings. The minimum Gasteiger partial charge on any atom is -0.399 e. The van der Waals surface area contributed by atoms with Gasteiger partial charge >= 0.3 is 7.12 Å². The normalized spacial score (nSPS) is 24.0. The first-order valence-corrected chi connectivity index (χ1v) is 6.54. The van der Waals surface area contributed by atoms with Gasteiger partial charge in [0.2, 0.25) is 0 Å². The van der Waals surface area contributed by atoms with Crippen LogP contribution in [-0.4, -0.2) is 28.4 Å². The highest BCUT2D eigenvalue weighted by Crippen LogP contribution is 2.36. The fraction of sp³-hybridized carbons (Fsp3) is 0.727. The summed E-state index contributed by atoms with van der Waals surface area (Å²) >= 11 is 1.43. The average Bonchev–Trinajstić information content (AvgIpc) is 2.70. The van der Waals surface area contributed by atoms with E-state index in [9.17, 15) is 5.11 Å². The third-order valence-corrected chi connectivity index (χ3v) is 4.57. The van der Waals surface area contributed by atoms with Gasteiger partial charge in [0.15, 0.2) is 0 Å². The van der Waals surface area contributed by atoms with Gasteiger partial charge in [0.25, 0.3) is 0 Å². The first-order valence-electron chi connectivity index (χ1n) is 5.72. The van der Waals surface area contributed by atoms with Crippen molar-refractivity contribution in [3.8, 4) is 0 Å². The number of nitrogens with zero attached hydrogens (tertiary/aromatic N) is 1. The first kappa shape index (κ1) is 13.0. The summed E-state index contributed by atoms with van der Waals surface area (Å²) < 4.78 is 12.7. The van der Waals surface area contributed by atoms with E-state index >= 15 is 0 Å². The van der Waals surface area contributed by atoms with Gasteiger partial charge in [-0.25, -0.2) is 4.98 Å². The molecular formula is C11H18BNO3S. The number of aliphatic hydroxyl groups excluding tert-OH is 1. The summed E-state index contributed by atoms with van der Waals surface area (Å²) in [5.41, 5.74) is -0.681.